The Balaban J connectivity index is 1.65. The second-order valence-corrected chi connectivity index (χ2v) is 9.45. The van der Waals surface area contributed by atoms with Crippen molar-refractivity contribution < 1.29 is 13.2 Å². The molecule has 1 unspecified atom stereocenters. The van der Waals surface area contributed by atoms with Gasteiger partial charge in [0.1, 0.15) is 6.04 Å². The molecule has 1 aliphatic heterocycles. The first kappa shape index (κ1) is 20.3. The summed E-state index contributed by atoms with van der Waals surface area (Å²) in [5.41, 5.74) is 3.89. The van der Waals surface area contributed by atoms with E-state index in [0.717, 1.165) is 22.3 Å². The van der Waals surface area contributed by atoms with E-state index in [1.807, 2.05) is 61.5 Å². The minimum atomic E-state index is -3.83. The van der Waals surface area contributed by atoms with Gasteiger partial charge in [-0.3, -0.25) is 4.79 Å². The molecule has 1 heterocycles. The lowest BCUT2D eigenvalue weighted by Gasteiger charge is -2.35. The van der Waals surface area contributed by atoms with Crippen molar-refractivity contribution in [1.29, 1.82) is 0 Å². The average molecular weight is 421 g/mol. The van der Waals surface area contributed by atoms with Crippen LogP contribution in [0, 0.1) is 6.92 Å². The van der Waals surface area contributed by atoms with E-state index in [4.69, 9.17) is 0 Å². The first-order chi connectivity index (χ1) is 14.4. The maximum absolute atomic E-state index is 13.4. The normalized spacial score (nSPS) is 16.6. The van der Waals surface area contributed by atoms with E-state index < -0.39 is 16.1 Å². The van der Waals surface area contributed by atoms with Crippen molar-refractivity contribution in [3.05, 3.63) is 101 Å². The fraction of sp³-hybridized carbons (Fsp3) is 0.208. The van der Waals surface area contributed by atoms with Gasteiger partial charge in [-0.1, -0.05) is 72.3 Å². The van der Waals surface area contributed by atoms with Gasteiger partial charge in [-0.25, -0.2) is 8.42 Å². The van der Waals surface area contributed by atoms with Crippen LogP contribution in [0.2, 0.25) is 0 Å². The highest BCUT2D eigenvalue weighted by molar-refractivity contribution is 7.89. The summed E-state index contributed by atoms with van der Waals surface area (Å²) in [6.45, 7) is 2.44. The van der Waals surface area contributed by atoms with Crippen LogP contribution in [-0.2, 0) is 34.3 Å². The van der Waals surface area contributed by atoms with E-state index in [-0.39, 0.29) is 17.3 Å². The zero-order valence-corrected chi connectivity index (χ0v) is 17.6. The number of benzene rings is 3. The summed E-state index contributed by atoms with van der Waals surface area (Å²) in [5, 5.41) is 2.92. The molecule has 6 heteroatoms. The van der Waals surface area contributed by atoms with Crippen molar-refractivity contribution in [3.63, 3.8) is 0 Å². The summed E-state index contributed by atoms with van der Waals surface area (Å²) in [7, 11) is -3.83. The third kappa shape index (κ3) is 4.15. The third-order valence-electron chi connectivity index (χ3n) is 5.45. The van der Waals surface area contributed by atoms with Gasteiger partial charge in [0, 0.05) is 13.1 Å². The molecule has 0 radical (unpaired) electrons. The van der Waals surface area contributed by atoms with Crippen LogP contribution in [0.1, 0.15) is 22.3 Å². The number of hydrogen-bond acceptors (Lipinski definition) is 3. The largest absolute Gasteiger partial charge is 0.351 e. The van der Waals surface area contributed by atoms with Gasteiger partial charge in [0.05, 0.1) is 4.90 Å². The predicted octanol–water partition coefficient (Wildman–Crippen LogP) is 3.43. The highest BCUT2D eigenvalue weighted by Crippen LogP contribution is 2.29. The van der Waals surface area contributed by atoms with Crippen molar-refractivity contribution in [2.24, 2.45) is 0 Å². The van der Waals surface area contributed by atoms with Crippen molar-refractivity contribution >= 4 is 15.9 Å². The Labute approximate surface area is 177 Å². The van der Waals surface area contributed by atoms with Gasteiger partial charge in [0.2, 0.25) is 15.9 Å². The van der Waals surface area contributed by atoms with Crippen LogP contribution >= 0.6 is 0 Å². The Bertz CT molecular complexity index is 1140. The molecule has 0 saturated carbocycles. The minimum absolute atomic E-state index is 0.176. The van der Waals surface area contributed by atoms with E-state index in [0.29, 0.717) is 13.0 Å². The molecule has 1 N–H and O–H groups in total. The summed E-state index contributed by atoms with van der Waals surface area (Å²) in [6, 6.07) is 23.2. The van der Waals surface area contributed by atoms with Gasteiger partial charge >= 0.3 is 0 Å². The number of rotatable bonds is 5. The Morgan fingerprint density at radius 1 is 0.933 bits per heavy atom. The Morgan fingerprint density at radius 3 is 2.27 bits per heavy atom. The van der Waals surface area contributed by atoms with E-state index in [1.54, 1.807) is 24.3 Å². The summed E-state index contributed by atoms with van der Waals surface area (Å²) in [6.07, 6.45) is 0.349. The molecule has 0 bridgehead atoms. The summed E-state index contributed by atoms with van der Waals surface area (Å²) >= 11 is 0. The van der Waals surface area contributed by atoms with Gasteiger partial charge in [-0.15, -0.1) is 0 Å². The smallest absolute Gasteiger partial charge is 0.244 e. The van der Waals surface area contributed by atoms with Crippen LogP contribution in [0.25, 0.3) is 0 Å². The highest BCUT2D eigenvalue weighted by Gasteiger charge is 2.39. The van der Waals surface area contributed by atoms with Crippen LogP contribution in [0.5, 0.6) is 0 Å². The molecule has 3 aromatic carbocycles. The zero-order valence-electron chi connectivity index (χ0n) is 16.8. The molecule has 0 fully saturated rings. The number of aryl methyl sites for hydroxylation is 1. The maximum atomic E-state index is 13.4. The molecule has 30 heavy (non-hydrogen) atoms. The molecule has 154 valence electrons. The lowest BCUT2D eigenvalue weighted by atomic mass is 9.95. The fourth-order valence-electron chi connectivity index (χ4n) is 3.72. The monoisotopic (exact) mass is 420 g/mol. The van der Waals surface area contributed by atoms with Crippen LogP contribution < -0.4 is 5.32 Å². The number of carbonyl (C=O) groups excluding carboxylic acids is 1. The lowest BCUT2D eigenvalue weighted by molar-refractivity contribution is -0.125. The minimum Gasteiger partial charge on any atom is -0.351 e. The number of fused-ring (bicyclic) bond motifs is 1. The predicted molar refractivity (Wildman–Crippen MR) is 116 cm³/mol. The van der Waals surface area contributed by atoms with Gasteiger partial charge in [0.15, 0.2) is 0 Å². The van der Waals surface area contributed by atoms with Crippen LogP contribution in [0.4, 0.5) is 0 Å². The molecule has 0 aliphatic carbocycles. The molecule has 3 aromatic rings. The lowest BCUT2D eigenvalue weighted by Crippen LogP contribution is -2.52. The first-order valence-corrected chi connectivity index (χ1v) is 11.4. The van der Waals surface area contributed by atoms with Gasteiger partial charge in [0.25, 0.3) is 0 Å². The van der Waals surface area contributed by atoms with E-state index in [1.165, 1.54) is 4.31 Å². The number of nitrogens with one attached hydrogen (secondary N) is 1. The molecule has 1 aliphatic rings. The van der Waals surface area contributed by atoms with Crippen molar-refractivity contribution in [3.8, 4) is 0 Å². The van der Waals surface area contributed by atoms with E-state index in [9.17, 15) is 13.2 Å². The fourth-order valence-corrected chi connectivity index (χ4v) is 5.29. The standard InChI is InChI=1S/C24H24N2O3S/c1-18-11-13-22(14-12-18)30(28,29)26-17-21-10-6-5-9-20(21)15-23(26)24(27)25-16-19-7-3-2-4-8-19/h2-14,23H,15-17H2,1H3,(H,25,27). The zero-order chi connectivity index (χ0) is 21.1. The number of sulfonamides is 1. The molecule has 4 rings (SSSR count). The molecule has 0 aromatic heterocycles. The quantitative estimate of drug-likeness (QED) is 0.688. The van der Waals surface area contributed by atoms with Gasteiger partial charge in [-0.2, -0.15) is 4.31 Å². The summed E-state index contributed by atoms with van der Waals surface area (Å²) in [4.78, 5) is 13.3. The Morgan fingerprint density at radius 2 is 1.57 bits per heavy atom. The maximum Gasteiger partial charge on any atom is 0.244 e. The number of nitrogens with zero attached hydrogens (tertiary/aromatic N) is 1. The van der Waals surface area contributed by atoms with Crippen LogP contribution in [0.15, 0.2) is 83.8 Å². The first-order valence-electron chi connectivity index (χ1n) is 9.92. The van der Waals surface area contributed by atoms with Crippen molar-refractivity contribution in [1.82, 2.24) is 9.62 Å². The van der Waals surface area contributed by atoms with Gasteiger partial charge < -0.3 is 5.32 Å². The summed E-state index contributed by atoms with van der Waals surface area (Å²) < 4.78 is 28.2. The average Bonchev–Trinajstić information content (AvgIpc) is 2.77. The molecule has 5 nitrogen and oxygen atoms in total. The number of hydrogen-bond donors (Lipinski definition) is 1. The Kier molecular flexibility index (Phi) is 5.70. The highest BCUT2D eigenvalue weighted by atomic mass is 32.2. The van der Waals surface area contributed by atoms with Crippen LogP contribution in [-0.4, -0.2) is 24.7 Å². The molecule has 0 saturated heterocycles. The number of amides is 1. The SMILES string of the molecule is Cc1ccc(S(=O)(=O)N2Cc3ccccc3CC2C(=O)NCc2ccccc2)cc1. The number of carbonyl (C=O) groups is 1. The molecular formula is C24H24N2O3S. The van der Waals surface area contributed by atoms with Crippen molar-refractivity contribution in [2.45, 2.75) is 37.4 Å². The molecule has 0 spiro atoms. The van der Waals surface area contributed by atoms with Crippen LogP contribution in [0.3, 0.4) is 0 Å². The molecule has 1 amide bonds. The third-order valence-corrected chi connectivity index (χ3v) is 7.31. The topological polar surface area (TPSA) is 66.5 Å². The van der Waals surface area contributed by atoms with E-state index in [2.05, 4.69) is 5.32 Å². The molecular weight excluding hydrogens is 396 g/mol. The van der Waals surface area contributed by atoms with Crippen molar-refractivity contribution in [2.75, 3.05) is 0 Å². The Hall–Kier alpha value is -2.96. The second-order valence-electron chi connectivity index (χ2n) is 7.56. The van der Waals surface area contributed by atoms with E-state index >= 15 is 0 Å². The molecule has 1 atom stereocenters. The summed E-state index contributed by atoms with van der Waals surface area (Å²) in [5.74, 6) is -0.288. The second kappa shape index (κ2) is 8.42. The van der Waals surface area contributed by atoms with Gasteiger partial charge in [-0.05, 0) is 42.2 Å².